The van der Waals surface area contributed by atoms with Gasteiger partial charge in [0, 0.05) is 42.3 Å². The van der Waals surface area contributed by atoms with Crippen molar-refractivity contribution in [2.45, 2.75) is 26.2 Å². The second-order valence-electron chi connectivity index (χ2n) is 6.82. The average Bonchev–Trinajstić information content (AvgIpc) is 2.70. The van der Waals surface area contributed by atoms with Crippen LogP contribution in [-0.2, 0) is 11.2 Å². The number of amides is 2. The van der Waals surface area contributed by atoms with E-state index in [0.717, 1.165) is 48.7 Å². The van der Waals surface area contributed by atoms with Gasteiger partial charge in [-0.1, -0.05) is 30.3 Å². The number of hydrogen-bond donors (Lipinski definition) is 1. The Morgan fingerprint density at radius 1 is 1.07 bits per heavy atom. The third-order valence-corrected chi connectivity index (χ3v) is 5.70. The lowest BCUT2D eigenvalue weighted by Crippen LogP contribution is -2.37. The van der Waals surface area contributed by atoms with Crippen molar-refractivity contribution in [3.8, 4) is 0 Å². The van der Waals surface area contributed by atoms with E-state index in [1.54, 1.807) is 0 Å². The van der Waals surface area contributed by atoms with E-state index in [0.29, 0.717) is 12.0 Å². The van der Waals surface area contributed by atoms with Gasteiger partial charge >= 0.3 is 0 Å². The first-order chi connectivity index (χ1) is 13.1. The molecule has 142 valence electrons. The molecule has 4 nitrogen and oxygen atoms in total. The zero-order valence-electron chi connectivity index (χ0n) is 15.7. The molecule has 0 aliphatic carbocycles. The van der Waals surface area contributed by atoms with Gasteiger partial charge in [0.15, 0.2) is 0 Å². The second kappa shape index (κ2) is 9.60. The van der Waals surface area contributed by atoms with Crippen LogP contribution in [0.1, 0.15) is 34.3 Å². The number of aryl methyl sites for hydroxylation is 2. The zero-order chi connectivity index (χ0) is 19.1. The van der Waals surface area contributed by atoms with Gasteiger partial charge in [0.05, 0.1) is 0 Å². The predicted molar refractivity (Wildman–Crippen MR) is 112 cm³/mol. The zero-order valence-corrected chi connectivity index (χ0v) is 16.6. The van der Waals surface area contributed by atoms with Gasteiger partial charge in [0.2, 0.25) is 5.91 Å². The molecule has 2 aromatic rings. The van der Waals surface area contributed by atoms with E-state index < -0.39 is 0 Å². The van der Waals surface area contributed by atoms with Crippen LogP contribution in [0.3, 0.4) is 0 Å². The molecule has 3 rings (SSSR count). The lowest BCUT2D eigenvalue weighted by atomic mass is 10.1. The third-order valence-electron chi connectivity index (χ3n) is 4.76. The van der Waals surface area contributed by atoms with Gasteiger partial charge in [0.1, 0.15) is 0 Å². The van der Waals surface area contributed by atoms with Gasteiger partial charge in [-0.2, -0.15) is 11.8 Å². The third kappa shape index (κ3) is 5.60. The lowest BCUT2D eigenvalue weighted by Gasteiger charge is -2.26. The van der Waals surface area contributed by atoms with Gasteiger partial charge in [-0.3, -0.25) is 9.59 Å². The number of rotatable bonds is 6. The fraction of sp³-hybridized carbons (Fsp3) is 0.364. The van der Waals surface area contributed by atoms with Crippen molar-refractivity contribution in [1.82, 2.24) is 4.90 Å². The summed E-state index contributed by atoms with van der Waals surface area (Å²) in [6, 6.07) is 15.7. The summed E-state index contributed by atoms with van der Waals surface area (Å²) in [7, 11) is 0. The summed E-state index contributed by atoms with van der Waals surface area (Å²) in [5.74, 6) is 2.10. The van der Waals surface area contributed by atoms with E-state index in [1.165, 1.54) is 5.56 Å². The fourth-order valence-electron chi connectivity index (χ4n) is 3.20. The van der Waals surface area contributed by atoms with Crippen molar-refractivity contribution >= 4 is 29.3 Å². The Morgan fingerprint density at radius 2 is 1.81 bits per heavy atom. The van der Waals surface area contributed by atoms with Crippen molar-refractivity contribution in [3.63, 3.8) is 0 Å². The molecule has 0 bridgehead atoms. The molecule has 0 saturated carbocycles. The highest BCUT2D eigenvalue weighted by atomic mass is 32.2. The van der Waals surface area contributed by atoms with Crippen LogP contribution in [0.25, 0.3) is 0 Å². The van der Waals surface area contributed by atoms with Crippen LogP contribution in [-0.4, -0.2) is 41.3 Å². The molecular weight excluding hydrogens is 356 g/mol. The van der Waals surface area contributed by atoms with E-state index >= 15 is 0 Å². The Kier molecular flexibility index (Phi) is 6.93. The normalized spacial score (nSPS) is 14.0. The number of thioether (sulfide) groups is 1. The molecule has 1 aliphatic rings. The molecule has 0 spiro atoms. The summed E-state index contributed by atoms with van der Waals surface area (Å²) >= 11 is 1.89. The molecule has 1 fully saturated rings. The molecule has 0 aromatic heterocycles. The molecular formula is C22H26N2O2S. The minimum atomic E-state index is 0.0150. The summed E-state index contributed by atoms with van der Waals surface area (Å²) < 4.78 is 0. The maximum atomic E-state index is 12.6. The summed E-state index contributed by atoms with van der Waals surface area (Å²) in [6.07, 6.45) is 2.20. The van der Waals surface area contributed by atoms with Gasteiger partial charge in [-0.25, -0.2) is 0 Å². The molecule has 5 heteroatoms. The molecule has 27 heavy (non-hydrogen) atoms. The van der Waals surface area contributed by atoms with Crippen LogP contribution in [0, 0.1) is 6.92 Å². The largest absolute Gasteiger partial charge is 0.337 e. The Bertz CT molecular complexity index is 786. The second-order valence-corrected chi connectivity index (χ2v) is 8.05. The number of carbonyl (C=O) groups is 2. The monoisotopic (exact) mass is 382 g/mol. The molecule has 2 aromatic carbocycles. The minimum absolute atomic E-state index is 0.0150. The quantitative estimate of drug-likeness (QED) is 0.817. The molecule has 1 heterocycles. The van der Waals surface area contributed by atoms with Crippen LogP contribution in [0.4, 0.5) is 5.69 Å². The van der Waals surface area contributed by atoms with Gasteiger partial charge in [0.25, 0.3) is 5.91 Å². The van der Waals surface area contributed by atoms with Crippen LogP contribution < -0.4 is 5.32 Å². The highest BCUT2D eigenvalue weighted by Gasteiger charge is 2.19. The molecule has 1 N–H and O–H groups in total. The Balaban J connectivity index is 1.52. The van der Waals surface area contributed by atoms with E-state index in [-0.39, 0.29) is 11.8 Å². The van der Waals surface area contributed by atoms with Crippen LogP contribution in [0.5, 0.6) is 0 Å². The SMILES string of the molecule is Cc1cc(C(=O)N2CCSCC2)ccc1NC(=O)CCCc1ccccc1. The fourth-order valence-corrected chi connectivity index (χ4v) is 4.10. The van der Waals surface area contributed by atoms with E-state index in [9.17, 15) is 9.59 Å². The Morgan fingerprint density at radius 3 is 2.52 bits per heavy atom. The first-order valence-corrected chi connectivity index (χ1v) is 10.6. The summed E-state index contributed by atoms with van der Waals surface area (Å²) in [5, 5.41) is 2.97. The number of benzene rings is 2. The highest BCUT2D eigenvalue weighted by Crippen LogP contribution is 2.20. The van der Waals surface area contributed by atoms with Crippen LogP contribution in [0.2, 0.25) is 0 Å². The first kappa shape index (κ1) is 19.5. The number of nitrogens with one attached hydrogen (secondary N) is 1. The van der Waals surface area contributed by atoms with Crippen molar-refractivity contribution in [2.75, 3.05) is 29.9 Å². The standard InChI is InChI=1S/C22H26N2O2S/c1-17-16-19(22(26)24-12-14-27-15-13-24)10-11-20(17)23-21(25)9-5-8-18-6-3-2-4-7-18/h2-4,6-7,10-11,16H,5,8-9,12-15H2,1H3,(H,23,25). The number of carbonyl (C=O) groups excluding carboxylic acids is 2. The van der Waals surface area contributed by atoms with Crippen molar-refractivity contribution < 1.29 is 9.59 Å². The number of anilines is 1. The van der Waals surface area contributed by atoms with Gasteiger partial charge < -0.3 is 10.2 Å². The lowest BCUT2D eigenvalue weighted by molar-refractivity contribution is -0.116. The van der Waals surface area contributed by atoms with Crippen molar-refractivity contribution in [1.29, 1.82) is 0 Å². The maximum Gasteiger partial charge on any atom is 0.253 e. The van der Waals surface area contributed by atoms with Gasteiger partial charge in [-0.15, -0.1) is 0 Å². The minimum Gasteiger partial charge on any atom is -0.337 e. The smallest absolute Gasteiger partial charge is 0.253 e. The van der Waals surface area contributed by atoms with Crippen LogP contribution in [0.15, 0.2) is 48.5 Å². The van der Waals surface area contributed by atoms with Crippen molar-refractivity contribution in [2.24, 2.45) is 0 Å². The molecule has 0 unspecified atom stereocenters. The Labute approximate surface area is 165 Å². The summed E-state index contributed by atoms with van der Waals surface area (Å²) in [6.45, 7) is 3.55. The predicted octanol–water partition coefficient (Wildman–Crippen LogP) is 4.15. The first-order valence-electron chi connectivity index (χ1n) is 9.45. The highest BCUT2D eigenvalue weighted by molar-refractivity contribution is 7.99. The van der Waals surface area contributed by atoms with Crippen LogP contribution >= 0.6 is 11.8 Å². The molecule has 2 amide bonds. The van der Waals surface area contributed by atoms with Gasteiger partial charge in [-0.05, 0) is 49.1 Å². The van der Waals surface area contributed by atoms with E-state index in [1.807, 2.05) is 60.0 Å². The number of hydrogen-bond acceptors (Lipinski definition) is 3. The molecule has 0 radical (unpaired) electrons. The topological polar surface area (TPSA) is 49.4 Å². The Hall–Kier alpha value is -2.27. The molecule has 1 aliphatic heterocycles. The van der Waals surface area contributed by atoms with E-state index in [2.05, 4.69) is 17.4 Å². The molecule has 1 saturated heterocycles. The summed E-state index contributed by atoms with van der Waals surface area (Å²) in [5.41, 5.74) is 3.65. The number of nitrogens with zero attached hydrogens (tertiary/aromatic N) is 1. The maximum absolute atomic E-state index is 12.6. The summed E-state index contributed by atoms with van der Waals surface area (Å²) in [4.78, 5) is 26.7. The molecule has 0 atom stereocenters. The van der Waals surface area contributed by atoms with E-state index in [4.69, 9.17) is 0 Å². The average molecular weight is 383 g/mol. The van der Waals surface area contributed by atoms with Crippen molar-refractivity contribution in [3.05, 3.63) is 65.2 Å².